The van der Waals surface area contributed by atoms with Crippen molar-refractivity contribution in [2.75, 3.05) is 26.2 Å². The van der Waals surface area contributed by atoms with E-state index in [0.717, 1.165) is 50.1 Å². The molecule has 0 radical (unpaired) electrons. The zero-order valence-corrected chi connectivity index (χ0v) is 15.4. The number of carbonyl (C=O) groups is 1. The van der Waals surface area contributed by atoms with Crippen molar-refractivity contribution < 1.29 is 9.18 Å². The minimum Gasteiger partial charge on any atom is -0.334 e. The van der Waals surface area contributed by atoms with E-state index in [0.29, 0.717) is 11.1 Å². The van der Waals surface area contributed by atoms with Gasteiger partial charge in [-0.15, -0.1) is 0 Å². The predicted molar refractivity (Wildman–Crippen MR) is 101 cm³/mol. The summed E-state index contributed by atoms with van der Waals surface area (Å²) in [4.78, 5) is 22.4. The molecule has 2 fully saturated rings. The van der Waals surface area contributed by atoms with Gasteiger partial charge in [0.1, 0.15) is 5.82 Å². The van der Waals surface area contributed by atoms with E-state index in [9.17, 15) is 9.18 Å². The summed E-state index contributed by atoms with van der Waals surface area (Å²) in [6, 6.07) is 6.64. The molecule has 2 saturated heterocycles. The third-order valence-corrected chi connectivity index (χ3v) is 5.69. The van der Waals surface area contributed by atoms with Gasteiger partial charge in [-0.3, -0.25) is 9.78 Å². The summed E-state index contributed by atoms with van der Waals surface area (Å²) < 4.78 is 13.6. The van der Waals surface area contributed by atoms with Gasteiger partial charge in [0, 0.05) is 36.3 Å². The minimum absolute atomic E-state index is 0.0657. The van der Waals surface area contributed by atoms with Crippen molar-refractivity contribution in [1.82, 2.24) is 14.8 Å². The number of fused-ring (bicyclic) bond motifs is 1. The van der Waals surface area contributed by atoms with E-state index in [2.05, 4.69) is 14.8 Å². The molecule has 0 bridgehead atoms. The Bertz CT molecular complexity index is 811. The summed E-state index contributed by atoms with van der Waals surface area (Å²) in [6.07, 6.45) is 5.84. The fourth-order valence-corrected chi connectivity index (χ4v) is 4.39. The summed E-state index contributed by atoms with van der Waals surface area (Å²) >= 11 is 0. The molecule has 1 atom stereocenters. The molecule has 0 N–H and O–H groups in total. The first-order valence-corrected chi connectivity index (χ1v) is 9.72. The first-order chi connectivity index (χ1) is 12.6. The van der Waals surface area contributed by atoms with Gasteiger partial charge in [0.2, 0.25) is 0 Å². The molecule has 0 saturated carbocycles. The normalized spacial score (nSPS) is 21.5. The second kappa shape index (κ2) is 7.31. The third-order valence-electron chi connectivity index (χ3n) is 5.69. The molecular formula is C21H26FN3O. The highest BCUT2D eigenvalue weighted by Gasteiger charge is 2.30. The molecule has 1 aromatic carbocycles. The molecule has 1 amide bonds. The lowest BCUT2D eigenvalue weighted by Crippen LogP contribution is -2.49. The second-order valence-electron chi connectivity index (χ2n) is 7.63. The number of aromatic nitrogens is 1. The number of hydrogen-bond donors (Lipinski definition) is 0. The highest BCUT2D eigenvalue weighted by Crippen LogP contribution is 2.26. The van der Waals surface area contributed by atoms with Gasteiger partial charge >= 0.3 is 0 Å². The molecule has 138 valence electrons. The molecule has 4 nitrogen and oxygen atoms in total. The molecule has 2 aromatic rings. The van der Waals surface area contributed by atoms with Crippen molar-refractivity contribution in [2.45, 2.75) is 45.1 Å². The Morgan fingerprint density at radius 2 is 1.92 bits per heavy atom. The van der Waals surface area contributed by atoms with E-state index in [1.165, 1.54) is 31.4 Å². The Hall–Kier alpha value is -2.01. The van der Waals surface area contributed by atoms with Crippen LogP contribution in [-0.4, -0.2) is 52.9 Å². The van der Waals surface area contributed by atoms with Gasteiger partial charge in [0.05, 0.1) is 11.1 Å². The Morgan fingerprint density at radius 1 is 1.15 bits per heavy atom. The van der Waals surface area contributed by atoms with Crippen LogP contribution in [-0.2, 0) is 0 Å². The average Bonchev–Trinajstić information content (AvgIpc) is 3.13. The van der Waals surface area contributed by atoms with E-state index < -0.39 is 0 Å². The molecule has 2 aliphatic rings. The largest absolute Gasteiger partial charge is 0.334 e. The molecule has 0 spiro atoms. The van der Waals surface area contributed by atoms with Gasteiger partial charge in [-0.05, 0) is 70.3 Å². The van der Waals surface area contributed by atoms with Gasteiger partial charge in [0.25, 0.3) is 5.91 Å². The van der Waals surface area contributed by atoms with Crippen LogP contribution in [0.2, 0.25) is 0 Å². The third kappa shape index (κ3) is 3.45. The summed E-state index contributed by atoms with van der Waals surface area (Å²) in [5.41, 5.74) is 1.96. The number of likely N-dealkylation sites (tertiary alicyclic amines) is 2. The Kier molecular flexibility index (Phi) is 4.90. The van der Waals surface area contributed by atoms with Gasteiger partial charge in [-0.2, -0.15) is 0 Å². The minimum atomic E-state index is -0.320. The number of aryl methyl sites for hydroxylation is 1. The molecule has 0 aliphatic carbocycles. The Balaban J connectivity index is 1.65. The zero-order chi connectivity index (χ0) is 18.1. The molecule has 4 rings (SSSR count). The average molecular weight is 355 g/mol. The Labute approximate surface area is 154 Å². The van der Waals surface area contributed by atoms with Crippen molar-refractivity contribution in [3.05, 3.63) is 41.3 Å². The number of benzene rings is 1. The molecule has 3 heterocycles. The fourth-order valence-electron chi connectivity index (χ4n) is 4.39. The number of amides is 1. The van der Waals surface area contributed by atoms with Crippen LogP contribution in [0.25, 0.3) is 10.9 Å². The summed E-state index contributed by atoms with van der Waals surface area (Å²) in [5, 5.41) is 0.743. The maximum atomic E-state index is 13.6. The molecule has 1 aromatic heterocycles. The van der Waals surface area contributed by atoms with Gasteiger partial charge in [0.15, 0.2) is 0 Å². The topological polar surface area (TPSA) is 36.4 Å². The standard InChI is InChI=1S/C21H26FN3O/c1-15-12-19(18-8-7-16(22)13-20(18)23-15)21(26)25-11-3-2-6-17(25)14-24-9-4-5-10-24/h7-8,12-13,17H,2-6,9-11,14H2,1H3/t17-/m0/s1. The lowest BCUT2D eigenvalue weighted by Gasteiger charge is -2.38. The summed E-state index contributed by atoms with van der Waals surface area (Å²) in [6.45, 7) is 5.94. The maximum Gasteiger partial charge on any atom is 0.254 e. The molecule has 0 unspecified atom stereocenters. The predicted octanol–water partition coefficient (Wildman–Crippen LogP) is 3.77. The quantitative estimate of drug-likeness (QED) is 0.841. The first-order valence-electron chi connectivity index (χ1n) is 9.72. The van der Waals surface area contributed by atoms with E-state index >= 15 is 0 Å². The molecular weight excluding hydrogens is 329 g/mol. The van der Waals surface area contributed by atoms with E-state index in [4.69, 9.17) is 0 Å². The number of nitrogens with zero attached hydrogens (tertiary/aromatic N) is 3. The molecule has 26 heavy (non-hydrogen) atoms. The lowest BCUT2D eigenvalue weighted by molar-refractivity contribution is 0.0562. The van der Waals surface area contributed by atoms with Crippen LogP contribution in [0.4, 0.5) is 4.39 Å². The van der Waals surface area contributed by atoms with Gasteiger partial charge in [-0.25, -0.2) is 4.39 Å². The van der Waals surface area contributed by atoms with Crippen molar-refractivity contribution in [1.29, 1.82) is 0 Å². The first kappa shape index (κ1) is 17.4. The van der Waals surface area contributed by atoms with E-state index in [-0.39, 0.29) is 17.8 Å². The number of piperidine rings is 1. The van der Waals surface area contributed by atoms with Gasteiger partial charge in [-0.1, -0.05) is 0 Å². The van der Waals surface area contributed by atoms with Crippen molar-refractivity contribution in [2.24, 2.45) is 0 Å². The van der Waals surface area contributed by atoms with E-state index in [1.807, 2.05) is 13.0 Å². The molecule has 5 heteroatoms. The number of rotatable bonds is 3. The number of hydrogen-bond acceptors (Lipinski definition) is 3. The van der Waals surface area contributed by atoms with Crippen molar-refractivity contribution in [3.63, 3.8) is 0 Å². The number of carbonyl (C=O) groups excluding carboxylic acids is 1. The van der Waals surface area contributed by atoms with Crippen LogP contribution in [0, 0.1) is 12.7 Å². The van der Waals surface area contributed by atoms with E-state index in [1.54, 1.807) is 6.07 Å². The van der Waals surface area contributed by atoms with Crippen LogP contribution in [0.15, 0.2) is 24.3 Å². The van der Waals surface area contributed by atoms with Crippen LogP contribution in [0.1, 0.15) is 48.2 Å². The van der Waals surface area contributed by atoms with Gasteiger partial charge < -0.3 is 9.80 Å². The summed E-state index contributed by atoms with van der Waals surface area (Å²) in [5.74, 6) is -0.255. The number of halogens is 1. The monoisotopic (exact) mass is 355 g/mol. The highest BCUT2D eigenvalue weighted by molar-refractivity contribution is 6.06. The highest BCUT2D eigenvalue weighted by atomic mass is 19.1. The van der Waals surface area contributed by atoms with Crippen LogP contribution in [0.3, 0.4) is 0 Å². The molecule has 2 aliphatic heterocycles. The number of pyridine rings is 1. The zero-order valence-electron chi connectivity index (χ0n) is 15.4. The second-order valence-corrected chi connectivity index (χ2v) is 7.63. The smallest absolute Gasteiger partial charge is 0.254 e. The lowest BCUT2D eigenvalue weighted by atomic mass is 9.99. The van der Waals surface area contributed by atoms with Crippen LogP contribution < -0.4 is 0 Å². The SMILES string of the molecule is Cc1cc(C(=O)N2CCCC[C@H]2CN2CCCC2)c2ccc(F)cc2n1. The van der Waals surface area contributed by atoms with Crippen molar-refractivity contribution >= 4 is 16.8 Å². The summed E-state index contributed by atoms with van der Waals surface area (Å²) in [7, 11) is 0. The van der Waals surface area contributed by atoms with Crippen LogP contribution in [0.5, 0.6) is 0 Å². The Morgan fingerprint density at radius 3 is 2.73 bits per heavy atom. The van der Waals surface area contributed by atoms with Crippen LogP contribution >= 0.6 is 0 Å². The van der Waals surface area contributed by atoms with Crippen molar-refractivity contribution in [3.8, 4) is 0 Å². The maximum absolute atomic E-state index is 13.6. The fraction of sp³-hybridized carbons (Fsp3) is 0.524.